The highest BCUT2D eigenvalue weighted by atomic mass is 79.9. The molecule has 2 aromatic rings. The van der Waals surface area contributed by atoms with Crippen LogP contribution >= 0.6 is 15.9 Å². The molecule has 0 atom stereocenters. The molecule has 1 aromatic heterocycles. The zero-order valence-corrected chi connectivity index (χ0v) is 8.95. The molecule has 1 aromatic carbocycles. The average molecular weight is 247 g/mol. The van der Waals surface area contributed by atoms with Crippen molar-refractivity contribution in [3.05, 3.63) is 47.3 Å². The lowest BCUT2D eigenvalue weighted by molar-refractivity contribution is 1.40. The first-order valence-corrected chi connectivity index (χ1v) is 5.29. The van der Waals surface area contributed by atoms with Crippen molar-refractivity contribution in [3.63, 3.8) is 0 Å². The van der Waals surface area contributed by atoms with Crippen LogP contribution in [0.3, 0.4) is 0 Å². The molecule has 0 aliphatic rings. The molecule has 2 rings (SSSR count). The van der Waals surface area contributed by atoms with Crippen LogP contribution in [0.1, 0.15) is 5.56 Å². The summed E-state index contributed by atoms with van der Waals surface area (Å²) in [6.45, 7) is 6.85. The van der Waals surface area contributed by atoms with E-state index in [4.69, 9.17) is 6.57 Å². The zero-order chi connectivity index (χ0) is 9.97. The summed E-state index contributed by atoms with van der Waals surface area (Å²) >= 11 is 3.40. The van der Waals surface area contributed by atoms with Crippen LogP contribution in [0, 0.1) is 6.57 Å². The van der Waals surface area contributed by atoms with E-state index >= 15 is 0 Å². The molecule has 2 nitrogen and oxygen atoms in total. The lowest BCUT2D eigenvalue weighted by Gasteiger charge is -1.97. The molecule has 0 aliphatic heterocycles. The van der Waals surface area contributed by atoms with E-state index in [2.05, 4.69) is 31.8 Å². The van der Waals surface area contributed by atoms with E-state index in [1.54, 1.807) is 6.07 Å². The Morgan fingerprint density at radius 2 is 2.14 bits per heavy atom. The van der Waals surface area contributed by atoms with Crippen LogP contribution in [0.25, 0.3) is 15.7 Å². The third-order valence-electron chi connectivity index (χ3n) is 2.01. The van der Waals surface area contributed by atoms with Crippen molar-refractivity contribution in [2.24, 2.45) is 0 Å². The molecule has 0 amide bonds. The number of aromatic nitrogens is 1. The fraction of sp³-hybridized carbons (Fsp3) is 0.0909. The molecule has 0 N–H and O–H groups in total. The van der Waals surface area contributed by atoms with E-state index in [-0.39, 0.29) is 0 Å². The van der Waals surface area contributed by atoms with Gasteiger partial charge >= 0.3 is 0 Å². The standard InChI is InChI=1S/C11H7BrN2/c1-13-11-5-3-9-6-8(7-12)2-4-10(9)14-11/h2-6H,7H2. The van der Waals surface area contributed by atoms with Crippen LogP contribution in [-0.4, -0.2) is 4.98 Å². The SMILES string of the molecule is [C-]#[N+]c1ccc2cc(CBr)ccc2n1. The highest BCUT2D eigenvalue weighted by Crippen LogP contribution is 2.19. The summed E-state index contributed by atoms with van der Waals surface area (Å²) in [4.78, 5) is 7.49. The molecule has 68 valence electrons. The molecule has 14 heavy (non-hydrogen) atoms. The Morgan fingerprint density at radius 3 is 2.86 bits per heavy atom. The van der Waals surface area contributed by atoms with Gasteiger partial charge in [0.25, 0.3) is 5.82 Å². The Hall–Kier alpha value is -1.40. The number of rotatable bonds is 1. The smallest absolute Gasteiger partial charge is 0.270 e. The first-order valence-electron chi connectivity index (χ1n) is 4.16. The molecule has 0 radical (unpaired) electrons. The van der Waals surface area contributed by atoms with Crippen molar-refractivity contribution in [3.8, 4) is 0 Å². The van der Waals surface area contributed by atoms with Gasteiger partial charge in [0.2, 0.25) is 0 Å². The highest BCUT2D eigenvalue weighted by molar-refractivity contribution is 9.08. The number of pyridine rings is 1. The number of fused-ring (bicyclic) bond motifs is 1. The molecular formula is C11H7BrN2. The molecule has 3 heteroatoms. The van der Waals surface area contributed by atoms with Gasteiger partial charge < -0.3 is 4.85 Å². The van der Waals surface area contributed by atoms with Crippen LogP contribution in [0.2, 0.25) is 0 Å². The van der Waals surface area contributed by atoms with E-state index in [1.165, 1.54) is 5.56 Å². The number of benzene rings is 1. The minimum atomic E-state index is 0.448. The fourth-order valence-electron chi connectivity index (χ4n) is 1.31. The maximum absolute atomic E-state index is 6.85. The summed E-state index contributed by atoms with van der Waals surface area (Å²) in [5.41, 5.74) is 2.10. The van der Waals surface area contributed by atoms with Gasteiger partial charge in [-0.3, -0.25) is 0 Å². The molecule has 0 aliphatic carbocycles. The summed E-state index contributed by atoms with van der Waals surface area (Å²) < 4.78 is 0. The third kappa shape index (κ3) is 1.61. The lowest BCUT2D eigenvalue weighted by Crippen LogP contribution is -1.81. The van der Waals surface area contributed by atoms with Gasteiger partial charge in [-0.15, -0.1) is 4.98 Å². The maximum atomic E-state index is 6.85. The predicted molar refractivity (Wildman–Crippen MR) is 60.6 cm³/mol. The normalized spacial score (nSPS) is 10.0. The van der Waals surface area contributed by atoms with Gasteiger partial charge in [0.1, 0.15) is 0 Å². The minimum absolute atomic E-state index is 0.448. The van der Waals surface area contributed by atoms with E-state index in [0.717, 1.165) is 16.2 Å². The second-order valence-electron chi connectivity index (χ2n) is 2.94. The highest BCUT2D eigenvalue weighted by Gasteiger charge is 2.01. The van der Waals surface area contributed by atoms with Crippen LogP contribution < -0.4 is 0 Å². The number of hydrogen-bond donors (Lipinski definition) is 0. The van der Waals surface area contributed by atoms with Gasteiger partial charge in [-0.05, 0) is 23.8 Å². The van der Waals surface area contributed by atoms with Gasteiger partial charge in [-0.25, -0.2) is 0 Å². The number of alkyl halides is 1. The summed E-state index contributed by atoms with van der Waals surface area (Å²) in [6.07, 6.45) is 0. The van der Waals surface area contributed by atoms with Crippen molar-refractivity contribution in [2.45, 2.75) is 5.33 Å². The second-order valence-corrected chi connectivity index (χ2v) is 3.50. The topological polar surface area (TPSA) is 17.2 Å². The minimum Gasteiger partial charge on any atom is -0.361 e. The summed E-state index contributed by atoms with van der Waals surface area (Å²) in [6, 6.07) is 9.71. The van der Waals surface area contributed by atoms with Crippen LogP contribution in [0.15, 0.2) is 30.3 Å². The van der Waals surface area contributed by atoms with Gasteiger partial charge in [0.05, 0.1) is 0 Å². The van der Waals surface area contributed by atoms with E-state index in [0.29, 0.717) is 5.82 Å². The van der Waals surface area contributed by atoms with E-state index in [9.17, 15) is 0 Å². The largest absolute Gasteiger partial charge is 0.361 e. The first kappa shape index (κ1) is 9.17. The molecule has 0 unspecified atom stereocenters. The van der Waals surface area contributed by atoms with E-state index in [1.807, 2.05) is 18.2 Å². The summed E-state index contributed by atoms with van der Waals surface area (Å²) in [7, 11) is 0. The Morgan fingerprint density at radius 1 is 1.29 bits per heavy atom. The second kappa shape index (κ2) is 3.77. The van der Waals surface area contributed by atoms with Crippen molar-refractivity contribution in [2.75, 3.05) is 0 Å². The first-order chi connectivity index (χ1) is 6.83. The van der Waals surface area contributed by atoms with Crippen molar-refractivity contribution in [1.29, 1.82) is 0 Å². The Balaban J connectivity index is 2.64. The molecule has 0 saturated heterocycles. The summed E-state index contributed by atoms with van der Waals surface area (Å²) in [5.74, 6) is 0.448. The Kier molecular flexibility index (Phi) is 2.47. The van der Waals surface area contributed by atoms with Gasteiger partial charge in [0.15, 0.2) is 5.52 Å². The summed E-state index contributed by atoms with van der Waals surface area (Å²) in [5, 5.41) is 1.92. The molecule has 1 heterocycles. The lowest BCUT2D eigenvalue weighted by atomic mass is 10.1. The van der Waals surface area contributed by atoms with Crippen LogP contribution in [-0.2, 0) is 5.33 Å². The molecule has 0 bridgehead atoms. The van der Waals surface area contributed by atoms with Gasteiger partial charge in [-0.2, -0.15) is 0 Å². The maximum Gasteiger partial charge on any atom is 0.270 e. The zero-order valence-electron chi connectivity index (χ0n) is 7.37. The number of nitrogens with zero attached hydrogens (tertiary/aromatic N) is 2. The Labute approximate surface area is 90.5 Å². The molecule has 0 saturated carbocycles. The molecule has 0 spiro atoms. The Bertz CT molecular complexity index is 514. The van der Waals surface area contributed by atoms with E-state index < -0.39 is 0 Å². The number of hydrogen-bond acceptors (Lipinski definition) is 1. The van der Waals surface area contributed by atoms with Gasteiger partial charge in [-0.1, -0.05) is 34.6 Å². The quantitative estimate of drug-likeness (QED) is 0.555. The molecule has 0 fully saturated rings. The predicted octanol–water partition coefficient (Wildman–Crippen LogP) is 3.68. The third-order valence-corrected chi connectivity index (χ3v) is 2.66. The average Bonchev–Trinajstić information content (AvgIpc) is 2.27. The van der Waals surface area contributed by atoms with Gasteiger partial charge in [0, 0.05) is 10.7 Å². The number of halogens is 1. The van der Waals surface area contributed by atoms with Crippen molar-refractivity contribution >= 4 is 32.7 Å². The monoisotopic (exact) mass is 246 g/mol. The molecular weight excluding hydrogens is 240 g/mol. The fourth-order valence-corrected chi connectivity index (χ4v) is 1.66. The van der Waals surface area contributed by atoms with Crippen LogP contribution in [0.4, 0.5) is 5.82 Å². The van der Waals surface area contributed by atoms with Crippen molar-refractivity contribution < 1.29 is 0 Å². The van der Waals surface area contributed by atoms with Crippen LogP contribution in [0.5, 0.6) is 0 Å². The van der Waals surface area contributed by atoms with Crippen molar-refractivity contribution in [1.82, 2.24) is 4.98 Å².